The molecule has 4 aromatic rings. The predicted molar refractivity (Wildman–Crippen MR) is 163 cm³/mol. The van der Waals surface area contributed by atoms with E-state index in [1.165, 1.54) is 12.1 Å². The Balaban J connectivity index is 1.22. The molecule has 2 amide bonds. The number of piperidine rings is 1. The summed E-state index contributed by atoms with van der Waals surface area (Å²) in [5.41, 5.74) is 1.56. The molecule has 0 unspecified atom stereocenters. The summed E-state index contributed by atoms with van der Waals surface area (Å²) in [6.45, 7) is 2.76. The van der Waals surface area contributed by atoms with Gasteiger partial charge in [0.05, 0.1) is 19.2 Å². The highest BCUT2D eigenvalue weighted by atomic mass is 35.5. The van der Waals surface area contributed by atoms with Crippen molar-refractivity contribution < 1.29 is 28.2 Å². The van der Waals surface area contributed by atoms with E-state index >= 15 is 4.39 Å². The number of pyridine rings is 1. The topological polar surface area (TPSA) is 111 Å². The molecule has 1 aliphatic rings. The fraction of sp³-hybridized carbons (Fsp3) is 0.281. The van der Waals surface area contributed by atoms with E-state index in [1.54, 1.807) is 37.6 Å². The van der Waals surface area contributed by atoms with Crippen molar-refractivity contribution in [3.05, 3.63) is 83.3 Å². The van der Waals surface area contributed by atoms with Gasteiger partial charge in [-0.05, 0) is 74.2 Å². The second kappa shape index (κ2) is 14.2. The van der Waals surface area contributed by atoms with E-state index in [9.17, 15) is 9.59 Å². The van der Waals surface area contributed by atoms with E-state index in [4.69, 9.17) is 25.8 Å². The number of nitrogens with one attached hydrogen (secondary N) is 3. The molecular formula is C32H32ClFN4O5. The lowest BCUT2D eigenvalue weighted by Crippen LogP contribution is -2.36. The van der Waals surface area contributed by atoms with Gasteiger partial charge in [-0.3, -0.25) is 14.6 Å². The van der Waals surface area contributed by atoms with Crippen LogP contribution in [0.1, 0.15) is 18.4 Å². The number of amides is 2. The molecule has 1 fully saturated rings. The maximum atomic E-state index is 15.0. The fourth-order valence-electron chi connectivity index (χ4n) is 4.81. The Hall–Kier alpha value is -4.41. The van der Waals surface area contributed by atoms with Crippen LogP contribution >= 0.6 is 11.6 Å². The molecule has 224 valence electrons. The molecular weight excluding hydrogens is 575 g/mol. The minimum Gasteiger partial charge on any atom is -0.493 e. The van der Waals surface area contributed by atoms with E-state index in [2.05, 4.69) is 20.9 Å². The smallest absolute Gasteiger partial charge is 0.313 e. The first-order valence-corrected chi connectivity index (χ1v) is 14.4. The molecule has 11 heteroatoms. The number of anilines is 1. The first kappa shape index (κ1) is 30.1. The molecule has 9 nitrogen and oxygen atoms in total. The lowest BCUT2D eigenvalue weighted by atomic mass is 9.99. The maximum Gasteiger partial charge on any atom is 0.313 e. The number of ether oxygens (including phenoxy) is 3. The summed E-state index contributed by atoms with van der Waals surface area (Å²) >= 11 is 6.12. The molecule has 0 atom stereocenters. The normalized spacial score (nSPS) is 13.4. The summed E-state index contributed by atoms with van der Waals surface area (Å²) in [6, 6.07) is 16.3. The largest absolute Gasteiger partial charge is 0.493 e. The van der Waals surface area contributed by atoms with Crippen LogP contribution in [0, 0.1) is 11.7 Å². The average Bonchev–Trinajstić information content (AvgIpc) is 3.02. The summed E-state index contributed by atoms with van der Waals surface area (Å²) in [5.74, 6) is -0.631. The molecule has 0 saturated carbocycles. The van der Waals surface area contributed by atoms with Crippen LogP contribution in [0.5, 0.6) is 23.0 Å². The third-order valence-electron chi connectivity index (χ3n) is 7.17. The number of benzene rings is 3. The van der Waals surface area contributed by atoms with Gasteiger partial charge in [-0.15, -0.1) is 0 Å². The molecule has 1 saturated heterocycles. The van der Waals surface area contributed by atoms with Crippen LogP contribution < -0.4 is 30.2 Å². The number of aromatic nitrogens is 1. The van der Waals surface area contributed by atoms with Gasteiger partial charge in [0, 0.05) is 41.0 Å². The Bertz CT molecular complexity index is 1610. The SMILES string of the molecule is COc1cc2c(Oc3ccc(NC(=O)C(=O)NCCc4ccccc4Cl)cc3F)ccnc2cc1OCC1CCNCC1. The zero-order valence-electron chi connectivity index (χ0n) is 23.6. The molecule has 3 N–H and O–H groups in total. The van der Waals surface area contributed by atoms with E-state index in [1.807, 2.05) is 18.2 Å². The Kier molecular flexibility index (Phi) is 9.91. The molecule has 5 rings (SSSR count). The Morgan fingerprint density at radius 3 is 2.58 bits per heavy atom. The Morgan fingerprint density at radius 1 is 1.00 bits per heavy atom. The van der Waals surface area contributed by atoms with Gasteiger partial charge in [0.25, 0.3) is 0 Å². The summed E-state index contributed by atoms with van der Waals surface area (Å²) in [4.78, 5) is 29.0. The summed E-state index contributed by atoms with van der Waals surface area (Å²) in [7, 11) is 1.56. The fourth-order valence-corrected chi connectivity index (χ4v) is 5.04. The number of nitrogens with zero attached hydrogens (tertiary/aromatic N) is 1. The maximum absolute atomic E-state index is 15.0. The van der Waals surface area contributed by atoms with Gasteiger partial charge in [0.1, 0.15) is 5.75 Å². The number of rotatable bonds is 10. The molecule has 0 bridgehead atoms. The number of hydrogen-bond acceptors (Lipinski definition) is 7. The molecule has 43 heavy (non-hydrogen) atoms. The molecule has 1 aromatic heterocycles. The van der Waals surface area contributed by atoms with Gasteiger partial charge >= 0.3 is 11.8 Å². The predicted octanol–water partition coefficient (Wildman–Crippen LogP) is 5.50. The second-order valence-electron chi connectivity index (χ2n) is 10.1. The van der Waals surface area contributed by atoms with Crippen LogP contribution in [0.3, 0.4) is 0 Å². The lowest BCUT2D eigenvalue weighted by molar-refractivity contribution is -0.136. The minimum atomic E-state index is -0.919. The first-order chi connectivity index (χ1) is 20.9. The van der Waals surface area contributed by atoms with Crippen molar-refractivity contribution in [3.8, 4) is 23.0 Å². The highest BCUT2D eigenvalue weighted by Crippen LogP contribution is 2.38. The van der Waals surface area contributed by atoms with Crippen molar-refractivity contribution in [2.45, 2.75) is 19.3 Å². The summed E-state index contributed by atoms with van der Waals surface area (Å²) in [5, 5.41) is 9.48. The van der Waals surface area contributed by atoms with E-state index < -0.39 is 17.6 Å². The summed E-state index contributed by atoms with van der Waals surface area (Å²) in [6.07, 6.45) is 4.13. The standard InChI is InChI=1S/C32H32ClFN4O5/c1-41-29-17-23-26(18-30(29)42-19-20-8-12-35-13-9-20)36-15-11-27(23)43-28-7-6-22(16-25(28)34)38-32(40)31(39)37-14-10-21-4-2-3-5-24(21)33/h2-7,11,15-18,20,35H,8-10,12-14,19H2,1H3,(H,37,39)(H,38,40). The summed E-state index contributed by atoms with van der Waals surface area (Å²) < 4.78 is 32.6. The van der Waals surface area contributed by atoms with Gasteiger partial charge in [0.15, 0.2) is 23.1 Å². The van der Waals surface area contributed by atoms with Crippen LogP contribution in [0.4, 0.5) is 10.1 Å². The van der Waals surface area contributed by atoms with Crippen LogP contribution in [-0.2, 0) is 16.0 Å². The van der Waals surface area contributed by atoms with E-state index in [0.29, 0.717) is 52.1 Å². The highest BCUT2D eigenvalue weighted by Gasteiger charge is 2.18. The third-order valence-corrected chi connectivity index (χ3v) is 7.54. The molecule has 0 spiro atoms. The Morgan fingerprint density at radius 2 is 1.81 bits per heavy atom. The van der Waals surface area contributed by atoms with Gasteiger partial charge in [-0.1, -0.05) is 29.8 Å². The number of halogens is 2. The lowest BCUT2D eigenvalue weighted by Gasteiger charge is -2.23. The molecule has 0 radical (unpaired) electrons. The van der Waals surface area contributed by atoms with Crippen molar-refractivity contribution in [2.75, 3.05) is 38.7 Å². The quantitative estimate of drug-likeness (QED) is 0.204. The molecule has 2 heterocycles. The van der Waals surface area contributed by atoms with Crippen LogP contribution in [0.15, 0.2) is 66.9 Å². The van der Waals surface area contributed by atoms with E-state index in [-0.39, 0.29) is 18.0 Å². The number of carbonyl (C=O) groups is 2. The van der Waals surface area contributed by atoms with Crippen LogP contribution in [0.2, 0.25) is 5.02 Å². The van der Waals surface area contributed by atoms with Crippen molar-refractivity contribution >= 4 is 40.0 Å². The number of fused-ring (bicyclic) bond motifs is 1. The van der Waals surface area contributed by atoms with Crippen LogP contribution in [-0.4, -0.2) is 50.1 Å². The van der Waals surface area contributed by atoms with Crippen molar-refractivity contribution in [1.29, 1.82) is 0 Å². The second-order valence-corrected chi connectivity index (χ2v) is 10.5. The van der Waals surface area contributed by atoms with Crippen LogP contribution in [0.25, 0.3) is 10.9 Å². The first-order valence-electron chi connectivity index (χ1n) is 14.0. The number of hydrogen-bond donors (Lipinski definition) is 3. The van der Waals surface area contributed by atoms with Gasteiger partial charge in [-0.2, -0.15) is 0 Å². The molecule has 1 aliphatic heterocycles. The highest BCUT2D eigenvalue weighted by molar-refractivity contribution is 6.39. The van der Waals surface area contributed by atoms with Crippen molar-refractivity contribution in [2.24, 2.45) is 5.92 Å². The van der Waals surface area contributed by atoms with Crippen molar-refractivity contribution in [1.82, 2.24) is 15.6 Å². The Labute approximate surface area is 253 Å². The minimum absolute atomic E-state index is 0.0695. The van der Waals surface area contributed by atoms with Gasteiger partial charge in [-0.25, -0.2) is 4.39 Å². The molecule has 0 aliphatic carbocycles. The zero-order valence-corrected chi connectivity index (χ0v) is 24.4. The van der Waals surface area contributed by atoms with E-state index in [0.717, 1.165) is 37.6 Å². The van der Waals surface area contributed by atoms with Crippen molar-refractivity contribution in [3.63, 3.8) is 0 Å². The van der Waals surface area contributed by atoms with Gasteiger partial charge in [0.2, 0.25) is 0 Å². The molecule has 3 aromatic carbocycles. The van der Waals surface area contributed by atoms with Gasteiger partial charge < -0.3 is 30.2 Å². The average molecular weight is 607 g/mol. The third kappa shape index (κ3) is 7.71. The number of carbonyl (C=O) groups excluding carboxylic acids is 2. The number of methoxy groups -OCH3 is 1. The monoisotopic (exact) mass is 606 g/mol. The zero-order chi connectivity index (χ0) is 30.2.